The van der Waals surface area contributed by atoms with Gasteiger partial charge in [-0.2, -0.15) is 0 Å². The number of hydrogen-bond donors (Lipinski definition) is 2. The maximum atomic E-state index is 3.48. The Bertz CT molecular complexity index is 352. The van der Waals surface area contributed by atoms with E-state index < -0.39 is 0 Å². The van der Waals surface area contributed by atoms with Gasteiger partial charge in [0, 0.05) is 6.04 Å². The van der Waals surface area contributed by atoms with Gasteiger partial charge in [0.25, 0.3) is 0 Å². The topological polar surface area (TPSA) is 24.1 Å². The second-order valence-electron chi connectivity index (χ2n) is 5.50. The number of rotatable bonds is 5. The van der Waals surface area contributed by atoms with Crippen molar-refractivity contribution in [3.8, 4) is 0 Å². The zero-order chi connectivity index (χ0) is 13.0. The van der Waals surface area contributed by atoms with Gasteiger partial charge < -0.3 is 10.6 Å². The van der Waals surface area contributed by atoms with E-state index in [-0.39, 0.29) is 0 Å². The van der Waals surface area contributed by atoms with Crippen LogP contribution in [0.2, 0.25) is 0 Å². The zero-order valence-corrected chi connectivity index (χ0v) is 11.9. The van der Waals surface area contributed by atoms with E-state index in [1.54, 1.807) is 0 Å². The fourth-order valence-corrected chi connectivity index (χ4v) is 2.90. The molecule has 1 fully saturated rings. The molecule has 2 nitrogen and oxygen atoms in total. The zero-order valence-electron chi connectivity index (χ0n) is 11.9. The largest absolute Gasteiger partial charge is 0.316 e. The minimum absolute atomic E-state index is 0.492. The highest BCUT2D eigenvalue weighted by Gasteiger charge is 2.24. The van der Waals surface area contributed by atoms with E-state index >= 15 is 0 Å². The van der Waals surface area contributed by atoms with Gasteiger partial charge in [-0.1, -0.05) is 38.1 Å². The molecule has 0 aromatic heterocycles. The van der Waals surface area contributed by atoms with Crippen LogP contribution in [0.3, 0.4) is 0 Å². The van der Waals surface area contributed by atoms with Crippen LogP contribution in [0.4, 0.5) is 0 Å². The summed E-state index contributed by atoms with van der Waals surface area (Å²) in [4.78, 5) is 0. The van der Waals surface area contributed by atoms with Gasteiger partial charge in [-0.05, 0) is 55.9 Å². The predicted octanol–water partition coefficient (Wildman–Crippen LogP) is 3.07. The quantitative estimate of drug-likeness (QED) is 0.834. The second kappa shape index (κ2) is 6.35. The van der Waals surface area contributed by atoms with Crippen molar-refractivity contribution >= 4 is 0 Å². The summed E-state index contributed by atoms with van der Waals surface area (Å²) in [5.74, 6) is 1.39. The van der Waals surface area contributed by atoms with Gasteiger partial charge in [-0.15, -0.1) is 0 Å². The summed E-state index contributed by atoms with van der Waals surface area (Å²) < 4.78 is 0. The third-order valence-electron chi connectivity index (χ3n) is 4.36. The number of benzene rings is 1. The molecule has 2 rings (SSSR count). The predicted molar refractivity (Wildman–Crippen MR) is 77.9 cm³/mol. The average molecular weight is 246 g/mol. The van der Waals surface area contributed by atoms with Gasteiger partial charge in [0.1, 0.15) is 0 Å². The van der Waals surface area contributed by atoms with Crippen LogP contribution in [-0.2, 0) is 0 Å². The monoisotopic (exact) mass is 246 g/mol. The Hall–Kier alpha value is -0.860. The highest BCUT2D eigenvalue weighted by Crippen LogP contribution is 2.28. The Morgan fingerprint density at radius 2 is 1.94 bits per heavy atom. The average Bonchev–Trinajstić information content (AvgIpc) is 2.93. The first-order valence-electron chi connectivity index (χ1n) is 7.24. The van der Waals surface area contributed by atoms with Crippen LogP contribution in [0.5, 0.6) is 0 Å². The first kappa shape index (κ1) is 13.6. The lowest BCUT2D eigenvalue weighted by atomic mass is 9.90. The SMILES string of the molecule is CCC(C)c1ccc(C(NC)C2CCNC2)cc1. The van der Waals surface area contributed by atoms with Crippen molar-refractivity contribution < 1.29 is 0 Å². The molecule has 1 aromatic rings. The van der Waals surface area contributed by atoms with E-state index in [0.29, 0.717) is 12.0 Å². The van der Waals surface area contributed by atoms with Crippen molar-refractivity contribution in [3.63, 3.8) is 0 Å². The van der Waals surface area contributed by atoms with E-state index in [9.17, 15) is 0 Å². The Kier molecular flexibility index (Phi) is 4.79. The molecule has 3 unspecified atom stereocenters. The van der Waals surface area contributed by atoms with Gasteiger partial charge in [0.15, 0.2) is 0 Å². The second-order valence-corrected chi connectivity index (χ2v) is 5.50. The van der Waals surface area contributed by atoms with Crippen molar-refractivity contribution in [3.05, 3.63) is 35.4 Å². The van der Waals surface area contributed by atoms with Gasteiger partial charge in [0.2, 0.25) is 0 Å². The standard InChI is InChI=1S/C16H26N2/c1-4-12(2)13-5-7-14(8-6-13)16(17-3)15-9-10-18-11-15/h5-8,12,15-18H,4,9-11H2,1-3H3. The van der Waals surface area contributed by atoms with Crippen LogP contribution in [0.15, 0.2) is 24.3 Å². The maximum Gasteiger partial charge on any atom is 0.0358 e. The summed E-state index contributed by atoms with van der Waals surface area (Å²) in [5.41, 5.74) is 2.89. The summed E-state index contributed by atoms with van der Waals surface area (Å²) in [5, 5.41) is 6.94. The fraction of sp³-hybridized carbons (Fsp3) is 0.625. The molecular formula is C16H26N2. The summed E-state index contributed by atoms with van der Waals surface area (Å²) in [6.45, 7) is 6.84. The molecule has 2 heteroatoms. The number of hydrogen-bond acceptors (Lipinski definition) is 2. The Labute approximate surface area is 111 Å². The van der Waals surface area contributed by atoms with E-state index in [4.69, 9.17) is 0 Å². The molecule has 1 heterocycles. The summed E-state index contributed by atoms with van der Waals surface area (Å²) in [7, 11) is 2.07. The highest BCUT2D eigenvalue weighted by atomic mass is 15.0. The smallest absolute Gasteiger partial charge is 0.0358 e. The summed E-state index contributed by atoms with van der Waals surface area (Å²) in [6.07, 6.45) is 2.49. The molecule has 0 amide bonds. The van der Waals surface area contributed by atoms with Crippen molar-refractivity contribution in [2.24, 2.45) is 5.92 Å². The summed E-state index contributed by atoms with van der Waals surface area (Å²) >= 11 is 0. The Morgan fingerprint density at radius 3 is 2.44 bits per heavy atom. The molecule has 0 radical (unpaired) electrons. The van der Waals surface area contributed by atoms with E-state index in [0.717, 1.165) is 19.0 Å². The fourth-order valence-electron chi connectivity index (χ4n) is 2.90. The molecule has 0 spiro atoms. The molecule has 0 aliphatic carbocycles. The van der Waals surface area contributed by atoms with Crippen LogP contribution < -0.4 is 10.6 Å². The van der Waals surface area contributed by atoms with Crippen LogP contribution in [0.1, 0.15) is 49.8 Å². The molecule has 1 aliphatic heterocycles. The molecule has 0 bridgehead atoms. The molecule has 2 N–H and O–H groups in total. The molecule has 18 heavy (non-hydrogen) atoms. The number of nitrogens with one attached hydrogen (secondary N) is 2. The van der Waals surface area contributed by atoms with Gasteiger partial charge >= 0.3 is 0 Å². The van der Waals surface area contributed by atoms with Crippen LogP contribution in [0.25, 0.3) is 0 Å². The van der Waals surface area contributed by atoms with Crippen molar-refractivity contribution in [1.29, 1.82) is 0 Å². The van der Waals surface area contributed by atoms with Crippen molar-refractivity contribution in [1.82, 2.24) is 10.6 Å². The third-order valence-corrected chi connectivity index (χ3v) is 4.36. The van der Waals surface area contributed by atoms with E-state index in [1.165, 1.54) is 24.0 Å². The summed E-state index contributed by atoms with van der Waals surface area (Å²) in [6, 6.07) is 9.71. The molecule has 1 aliphatic rings. The van der Waals surface area contributed by atoms with Gasteiger partial charge in [-0.3, -0.25) is 0 Å². The van der Waals surface area contributed by atoms with Crippen molar-refractivity contribution in [2.75, 3.05) is 20.1 Å². The van der Waals surface area contributed by atoms with Crippen LogP contribution in [-0.4, -0.2) is 20.1 Å². The van der Waals surface area contributed by atoms with Crippen LogP contribution >= 0.6 is 0 Å². The first-order chi connectivity index (χ1) is 8.76. The lowest BCUT2D eigenvalue weighted by molar-refractivity contribution is 0.410. The molecule has 3 atom stereocenters. The van der Waals surface area contributed by atoms with Gasteiger partial charge in [0.05, 0.1) is 0 Å². The molecule has 100 valence electrons. The molecule has 1 aromatic carbocycles. The normalized spacial score (nSPS) is 22.9. The van der Waals surface area contributed by atoms with Crippen LogP contribution in [0, 0.1) is 5.92 Å². The lowest BCUT2D eigenvalue weighted by Crippen LogP contribution is -2.26. The highest BCUT2D eigenvalue weighted by molar-refractivity contribution is 5.27. The van der Waals surface area contributed by atoms with Crippen molar-refractivity contribution in [2.45, 2.75) is 38.6 Å². The molecule has 0 saturated carbocycles. The third kappa shape index (κ3) is 2.93. The minimum Gasteiger partial charge on any atom is -0.316 e. The molecular weight excluding hydrogens is 220 g/mol. The van der Waals surface area contributed by atoms with Gasteiger partial charge in [-0.25, -0.2) is 0 Å². The van der Waals surface area contributed by atoms with E-state index in [1.807, 2.05) is 0 Å². The Balaban J connectivity index is 2.11. The molecule has 1 saturated heterocycles. The minimum atomic E-state index is 0.492. The van der Waals surface area contributed by atoms with E-state index in [2.05, 4.69) is 55.8 Å². The first-order valence-corrected chi connectivity index (χ1v) is 7.24. The maximum absolute atomic E-state index is 3.48. The lowest BCUT2D eigenvalue weighted by Gasteiger charge is -2.23. The Morgan fingerprint density at radius 1 is 1.28 bits per heavy atom.